The van der Waals surface area contributed by atoms with E-state index >= 15 is 0 Å². The quantitative estimate of drug-likeness (QED) is 0.207. The van der Waals surface area contributed by atoms with Crippen LogP contribution in [0, 0.1) is 24.1 Å². The van der Waals surface area contributed by atoms with Crippen LogP contribution in [0.3, 0.4) is 0 Å². The summed E-state index contributed by atoms with van der Waals surface area (Å²) in [6.07, 6.45) is 3.63. The van der Waals surface area contributed by atoms with Crippen LogP contribution in [0.4, 0.5) is 10.1 Å². The van der Waals surface area contributed by atoms with E-state index < -0.39 is 5.91 Å². The molecule has 0 unspecified atom stereocenters. The molecule has 0 aromatic heterocycles. The van der Waals surface area contributed by atoms with Gasteiger partial charge in [-0.15, -0.1) is 6.58 Å². The number of nitrogens with one attached hydrogen (secondary N) is 1. The number of halogens is 2. The number of ether oxygens (including phenoxy) is 2. The van der Waals surface area contributed by atoms with Crippen molar-refractivity contribution in [3.8, 4) is 17.6 Å². The summed E-state index contributed by atoms with van der Waals surface area (Å²) >= 11 is 6.13. The molecule has 3 aromatic carbocycles. The first-order valence-electron chi connectivity index (χ1n) is 10.7. The highest BCUT2D eigenvalue weighted by molar-refractivity contribution is 6.31. The van der Waals surface area contributed by atoms with E-state index in [9.17, 15) is 14.4 Å². The molecule has 5 nitrogen and oxygen atoms in total. The van der Waals surface area contributed by atoms with Gasteiger partial charge in [-0.1, -0.05) is 35.9 Å². The zero-order chi connectivity index (χ0) is 25.4. The minimum atomic E-state index is -0.562. The standard InChI is InChI=1S/C28H24ClFN2O3/c1-4-7-21-12-20(13-22(16-31)28(33)32-25-11-6-10-24(29)18(25)2)15-26(34-3)27(21)35-17-19-8-5-9-23(30)14-19/h4-6,8-15H,1,7,17H2,2-3H3,(H,32,33)/b22-13+. The maximum atomic E-state index is 13.5. The second-order valence-electron chi connectivity index (χ2n) is 7.66. The van der Waals surface area contributed by atoms with Gasteiger partial charge in [0, 0.05) is 16.3 Å². The third kappa shape index (κ3) is 6.50. The molecule has 0 saturated heterocycles. The molecule has 0 aliphatic carbocycles. The fourth-order valence-electron chi connectivity index (χ4n) is 3.42. The zero-order valence-corrected chi connectivity index (χ0v) is 20.2. The molecule has 0 atom stereocenters. The number of carbonyl (C=O) groups excluding carboxylic acids is 1. The second-order valence-corrected chi connectivity index (χ2v) is 8.07. The van der Waals surface area contributed by atoms with Crippen LogP contribution >= 0.6 is 11.6 Å². The molecule has 0 aliphatic rings. The summed E-state index contributed by atoms with van der Waals surface area (Å²) in [4.78, 5) is 12.8. The first kappa shape index (κ1) is 25.5. The van der Waals surface area contributed by atoms with Gasteiger partial charge in [-0.25, -0.2) is 4.39 Å². The van der Waals surface area contributed by atoms with Gasteiger partial charge < -0.3 is 14.8 Å². The summed E-state index contributed by atoms with van der Waals surface area (Å²) in [6, 6.07) is 16.7. The van der Waals surface area contributed by atoms with E-state index in [0.29, 0.717) is 45.3 Å². The van der Waals surface area contributed by atoms with Crippen molar-refractivity contribution < 1.29 is 18.7 Å². The van der Waals surface area contributed by atoms with Crippen molar-refractivity contribution in [2.75, 3.05) is 12.4 Å². The lowest BCUT2D eigenvalue weighted by Gasteiger charge is -2.16. The molecule has 0 bridgehead atoms. The first-order valence-corrected chi connectivity index (χ1v) is 11.1. The van der Waals surface area contributed by atoms with E-state index in [4.69, 9.17) is 21.1 Å². The van der Waals surface area contributed by atoms with Gasteiger partial charge >= 0.3 is 0 Å². The van der Waals surface area contributed by atoms with Gasteiger partial charge in [0.1, 0.15) is 24.1 Å². The normalized spacial score (nSPS) is 10.9. The second kappa shape index (κ2) is 11.9. The SMILES string of the molecule is C=CCc1cc(/C=C(\C#N)C(=O)Nc2cccc(Cl)c2C)cc(OC)c1OCc1cccc(F)c1. The number of benzene rings is 3. The molecule has 0 fully saturated rings. The van der Waals surface area contributed by atoms with Crippen molar-refractivity contribution in [3.63, 3.8) is 0 Å². The number of nitrogens with zero attached hydrogens (tertiary/aromatic N) is 1. The number of rotatable bonds is 9. The minimum absolute atomic E-state index is 0.0931. The number of carbonyl (C=O) groups is 1. The van der Waals surface area contributed by atoms with Crippen LogP contribution in [0.15, 0.2) is 72.8 Å². The molecule has 1 amide bonds. The smallest absolute Gasteiger partial charge is 0.266 e. The van der Waals surface area contributed by atoms with E-state index in [0.717, 1.165) is 5.56 Å². The monoisotopic (exact) mass is 490 g/mol. The predicted molar refractivity (Wildman–Crippen MR) is 136 cm³/mol. The van der Waals surface area contributed by atoms with Crippen LogP contribution in [0.5, 0.6) is 11.5 Å². The molecular weight excluding hydrogens is 467 g/mol. The number of methoxy groups -OCH3 is 1. The van der Waals surface area contributed by atoms with Crippen molar-refractivity contribution >= 4 is 29.3 Å². The van der Waals surface area contributed by atoms with Crippen molar-refractivity contribution in [2.24, 2.45) is 0 Å². The number of hydrogen-bond acceptors (Lipinski definition) is 4. The van der Waals surface area contributed by atoms with Gasteiger partial charge in [0.25, 0.3) is 5.91 Å². The van der Waals surface area contributed by atoms with Gasteiger partial charge in [0.15, 0.2) is 11.5 Å². The third-order valence-electron chi connectivity index (χ3n) is 5.20. The van der Waals surface area contributed by atoms with Crippen molar-refractivity contribution in [1.29, 1.82) is 5.26 Å². The maximum Gasteiger partial charge on any atom is 0.266 e. The Morgan fingerprint density at radius 2 is 2.00 bits per heavy atom. The molecule has 35 heavy (non-hydrogen) atoms. The Morgan fingerprint density at radius 1 is 1.23 bits per heavy atom. The molecule has 7 heteroatoms. The van der Waals surface area contributed by atoms with Crippen LogP contribution in [-0.4, -0.2) is 13.0 Å². The van der Waals surface area contributed by atoms with Crippen molar-refractivity contribution in [1.82, 2.24) is 0 Å². The third-order valence-corrected chi connectivity index (χ3v) is 5.61. The van der Waals surface area contributed by atoms with Crippen LogP contribution in [0.2, 0.25) is 5.02 Å². The topological polar surface area (TPSA) is 71.4 Å². The number of nitriles is 1. The van der Waals surface area contributed by atoms with Gasteiger partial charge in [-0.2, -0.15) is 5.26 Å². The summed E-state index contributed by atoms with van der Waals surface area (Å²) in [5.74, 6) is -0.0182. The van der Waals surface area contributed by atoms with E-state index in [2.05, 4.69) is 11.9 Å². The summed E-state index contributed by atoms with van der Waals surface area (Å²) < 4.78 is 25.0. The molecule has 1 N–H and O–H groups in total. The Labute approximate surface area is 209 Å². The lowest BCUT2D eigenvalue weighted by molar-refractivity contribution is -0.112. The number of allylic oxidation sites excluding steroid dienone is 1. The minimum Gasteiger partial charge on any atom is -0.493 e. The molecule has 3 aromatic rings. The summed E-state index contributed by atoms with van der Waals surface area (Å²) in [7, 11) is 1.50. The summed E-state index contributed by atoms with van der Waals surface area (Å²) in [5, 5.41) is 12.9. The van der Waals surface area contributed by atoms with Crippen LogP contribution in [-0.2, 0) is 17.8 Å². The van der Waals surface area contributed by atoms with Gasteiger partial charge in [-0.05, 0) is 72.5 Å². The molecule has 178 valence electrons. The molecule has 0 saturated carbocycles. The number of hydrogen-bond donors (Lipinski definition) is 1. The van der Waals surface area contributed by atoms with Crippen LogP contribution in [0.1, 0.15) is 22.3 Å². The molecule has 0 aliphatic heterocycles. The molecular formula is C28H24ClFN2O3. The Morgan fingerprint density at radius 3 is 2.69 bits per heavy atom. The summed E-state index contributed by atoms with van der Waals surface area (Å²) in [6.45, 7) is 5.71. The molecule has 0 radical (unpaired) electrons. The lowest BCUT2D eigenvalue weighted by Crippen LogP contribution is -2.14. The highest BCUT2D eigenvalue weighted by atomic mass is 35.5. The average molecular weight is 491 g/mol. The maximum absolute atomic E-state index is 13.5. The Hall–Kier alpha value is -4.08. The molecule has 0 spiro atoms. The van der Waals surface area contributed by atoms with Crippen molar-refractivity contribution in [3.05, 3.63) is 106 Å². The Balaban J connectivity index is 1.92. The summed E-state index contributed by atoms with van der Waals surface area (Å²) in [5.41, 5.74) is 3.12. The van der Waals surface area contributed by atoms with Crippen molar-refractivity contribution in [2.45, 2.75) is 20.0 Å². The average Bonchev–Trinajstić information content (AvgIpc) is 2.84. The van der Waals surface area contributed by atoms with Crippen LogP contribution < -0.4 is 14.8 Å². The highest BCUT2D eigenvalue weighted by Crippen LogP contribution is 2.35. The molecule has 3 rings (SSSR count). The van der Waals surface area contributed by atoms with E-state index in [1.54, 1.807) is 55.5 Å². The van der Waals surface area contributed by atoms with Crippen LogP contribution in [0.25, 0.3) is 6.08 Å². The molecule has 0 heterocycles. The first-order chi connectivity index (χ1) is 16.9. The van der Waals surface area contributed by atoms with E-state index in [1.165, 1.54) is 25.3 Å². The lowest BCUT2D eigenvalue weighted by atomic mass is 10.0. The predicted octanol–water partition coefficient (Wildman–Crippen LogP) is 6.65. The Bertz CT molecular complexity index is 1330. The Kier molecular flexibility index (Phi) is 8.66. The fourth-order valence-corrected chi connectivity index (χ4v) is 3.59. The number of anilines is 1. The largest absolute Gasteiger partial charge is 0.493 e. The number of amides is 1. The van der Waals surface area contributed by atoms with E-state index in [1.807, 2.05) is 6.07 Å². The zero-order valence-electron chi connectivity index (χ0n) is 19.4. The van der Waals surface area contributed by atoms with Gasteiger partial charge in [-0.3, -0.25) is 4.79 Å². The van der Waals surface area contributed by atoms with Gasteiger partial charge in [0.2, 0.25) is 0 Å². The van der Waals surface area contributed by atoms with E-state index in [-0.39, 0.29) is 18.0 Å². The highest BCUT2D eigenvalue weighted by Gasteiger charge is 2.16. The van der Waals surface area contributed by atoms with Gasteiger partial charge in [0.05, 0.1) is 7.11 Å². The fraction of sp³-hybridized carbons (Fsp3) is 0.143.